The van der Waals surface area contributed by atoms with Gasteiger partial charge in [-0.2, -0.15) is 0 Å². The molecule has 5 heteroatoms. The van der Waals surface area contributed by atoms with Gasteiger partial charge in [-0.25, -0.2) is 0 Å². The summed E-state index contributed by atoms with van der Waals surface area (Å²) in [5.74, 6) is -1.50. The van der Waals surface area contributed by atoms with Crippen molar-refractivity contribution in [1.29, 1.82) is 0 Å². The summed E-state index contributed by atoms with van der Waals surface area (Å²) in [6.45, 7) is 5.78. The number of carbonyl (C=O) groups is 1. The quantitative estimate of drug-likeness (QED) is 0.812. The maximum absolute atomic E-state index is 10.8. The van der Waals surface area contributed by atoms with Crippen molar-refractivity contribution >= 4 is 5.97 Å². The van der Waals surface area contributed by atoms with Crippen LogP contribution in [-0.4, -0.2) is 41.3 Å². The maximum atomic E-state index is 10.8. The zero-order chi connectivity index (χ0) is 12.6. The predicted molar refractivity (Wildman–Crippen MR) is 59.6 cm³/mol. The van der Waals surface area contributed by atoms with E-state index in [1.54, 1.807) is 0 Å². The van der Waals surface area contributed by atoms with Crippen LogP contribution in [0.15, 0.2) is 0 Å². The van der Waals surface area contributed by atoms with Crippen LogP contribution in [0.2, 0.25) is 0 Å². The van der Waals surface area contributed by atoms with Crippen LogP contribution in [0.4, 0.5) is 0 Å². The number of ether oxygens (including phenoxy) is 3. The summed E-state index contributed by atoms with van der Waals surface area (Å²) in [7, 11) is 0. The van der Waals surface area contributed by atoms with E-state index in [0.717, 1.165) is 12.8 Å². The van der Waals surface area contributed by atoms with Gasteiger partial charge >= 0.3 is 5.97 Å². The van der Waals surface area contributed by atoms with Crippen molar-refractivity contribution in [3.63, 3.8) is 0 Å². The summed E-state index contributed by atoms with van der Waals surface area (Å²) in [6, 6.07) is 0. The van der Waals surface area contributed by atoms with Gasteiger partial charge < -0.3 is 19.3 Å². The number of hydrogen-bond acceptors (Lipinski definition) is 4. The van der Waals surface area contributed by atoms with Gasteiger partial charge in [0, 0.05) is 0 Å². The van der Waals surface area contributed by atoms with Crippen molar-refractivity contribution in [2.24, 2.45) is 0 Å². The van der Waals surface area contributed by atoms with Crippen molar-refractivity contribution in [3.8, 4) is 0 Å². The minimum Gasteiger partial charge on any atom is -0.481 e. The van der Waals surface area contributed by atoms with Gasteiger partial charge in [-0.1, -0.05) is 13.3 Å². The topological polar surface area (TPSA) is 65.0 Å². The average molecular weight is 244 g/mol. The average Bonchev–Trinajstić information content (AvgIpc) is 2.63. The molecule has 17 heavy (non-hydrogen) atoms. The second-order valence-corrected chi connectivity index (χ2v) is 5.16. The van der Waals surface area contributed by atoms with Crippen LogP contribution in [0.25, 0.3) is 0 Å². The molecule has 2 saturated heterocycles. The zero-order valence-electron chi connectivity index (χ0n) is 10.5. The smallest absolute Gasteiger partial charge is 0.306 e. The Labute approximate surface area is 101 Å². The van der Waals surface area contributed by atoms with Crippen LogP contribution in [0.3, 0.4) is 0 Å². The molecule has 2 unspecified atom stereocenters. The van der Waals surface area contributed by atoms with Gasteiger partial charge in [0.25, 0.3) is 0 Å². The number of aliphatic carboxylic acids is 1. The molecule has 4 atom stereocenters. The summed E-state index contributed by atoms with van der Waals surface area (Å²) >= 11 is 0. The molecule has 1 N–H and O–H groups in total. The summed E-state index contributed by atoms with van der Waals surface area (Å²) in [6.07, 6.45) is 1.01. The first-order valence-corrected chi connectivity index (χ1v) is 6.16. The molecule has 0 radical (unpaired) electrons. The lowest BCUT2D eigenvalue weighted by molar-refractivity contribution is -0.189. The number of fused-ring (bicyclic) bond motifs is 1. The summed E-state index contributed by atoms with van der Waals surface area (Å²) in [5.41, 5.74) is 0. The third kappa shape index (κ3) is 2.61. The van der Waals surface area contributed by atoms with Crippen LogP contribution in [-0.2, 0) is 19.0 Å². The minimum absolute atomic E-state index is 0.0270. The normalized spacial score (nSPS) is 39.2. The Bertz CT molecular complexity index is 301. The van der Waals surface area contributed by atoms with E-state index in [1.807, 2.05) is 13.8 Å². The molecule has 0 aromatic rings. The van der Waals surface area contributed by atoms with Gasteiger partial charge in [0.15, 0.2) is 5.79 Å². The molecule has 0 aromatic heterocycles. The monoisotopic (exact) mass is 244 g/mol. The first-order valence-electron chi connectivity index (χ1n) is 6.16. The molecule has 2 aliphatic rings. The van der Waals surface area contributed by atoms with E-state index in [0.29, 0.717) is 0 Å². The fourth-order valence-corrected chi connectivity index (χ4v) is 2.62. The molecule has 2 aliphatic heterocycles. The first-order chi connectivity index (χ1) is 7.93. The van der Waals surface area contributed by atoms with Crippen LogP contribution in [0, 0.1) is 0 Å². The third-order valence-electron chi connectivity index (χ3n) is 3.20. The van der Waals surface area contributed by atoms with Gasteiger partial charge in [-0.05, 0) is 20.3 Å². The summed E-state index contributed by atoms with van der Waals surface area (Å²) < 4.78 is 17.3. The lowest BCUT2D eigenvalue weighted by Crippen LogP contribution is -2.31. The van der Waals surface area contributed by atoms with Crippen molar-refractivity contribution in [2.45, 2.75) is 70.2 Å². The van der Waals surface area contributed by atoms with Crippen LogP contribution < -0.4 is 0 Å². The standard InChI is InChI=1S/C12H20O5/c1-4-5-7-10-11(17-12(2,3)16-10)8(15-7)6-9(13)14/h7-8,10-11H,4-6H2,1-3H3,(H,13,14)/t7?,8?,10-,11+/m1/s1. The molecular formula is C12H20O5. The molecule has 0 bridgehead atoms. The lowest BCUT2D eigenvalue weighted by Gasteiger charge is -2.23. The van der Waals surface area contributed by atoms with E-state index in [4.69, 9.17) is 19.3 Å². The van der Waals surface area contributed by atoms with E-state index in [1.165, 1.54) is 0 Å². The predicted octanol–water partition coefficient (Wildman–Crippen LogP) is 1.55. The second-order valence-electron chi connectivity index (χ2n) is 5.16. The Morgan fingerprint density at radius 2 is 1.82 bits per heavy atom. The Morgan fingerprint density at radius 3 is 2.35 bits per heavy atom. The van der Waals surface area contributed by atoms with Crippen LogP contribution >= 0.6 is 0 Å². The highest BCUT2D eigenvalue weighted by Gasteiger charge is 2.54. The highest BCUT2D eigenvalue weighted by atomic mass is 16.8. The third-order valence-corrected chi connectivity index (χ3v) is 3.20. The number of carboxylic acid groups (broad SMARTS) is 1. The van der Waals surface area contributed by atoms with Gasteiger partial charge in [-0.15, -0.1) is 0 Å². The maximum Gasteiger partial charge on any atom is 0.306 e. The first kappa shape index (κ1) is 12.8. The van der Waals surface area contributed by atoms with E-state index in [2.05, 4.69) is 6.92 Å². The Morgan fingerprint density at radius 1 is 1.24 bits per heavy atom. The summed E-state index contributed by atoms with van der Waals surface area (Å²) in [4.78, 5) is 10.8. The van der Waals surface area contributed by atoms with Crippen LogP contribution in [0.5, 0.6) is 0 Å². The fraction of sp³-hybridized carbons (Fsp3) is 0.917. The van der Waals surface area contributed by atoms with Gasteiger partial charge in [0.05, 0.1) is 18.6 Å². The van der Waals surface area contributed by atoms with Crippen molar-refractivity contribution in [2.75, 3.05) is 0 Å². The fourth-order valence-electron chi connectivity index (χ4n) is 2.62. The van der Waals surface area contributed by atoms with Gasteiger partial charge in [-0.3, -0.25) is 4.79 Å². The number of hydrogen-bond donors (Lipinski definition) is 1. The van der Waals surface area contributed by atoms with E-state index < -0.39 is 17.9 Å². The largest absolute Gasteiger partial charge is 0.481 e. The van der Waals surface area contributed by atoms with E-state index >= 15 is 0 Å². The minimum atomic E-state index is -0.862. The van der Waals surface area contributed by atoms with Crippen molar-refractivity contribution in [1.82, 2.24) is 0 Å². The molecule has 0 amide bonds. The molecule has 98 valence electrons. The van der Waals surface area contributed by atoms with E-state index in [-0.39, 0.29) is 24.7 Å². The molecule has 2 fully saturated rings. The molecule has 2 rings (SSSR count). The lowest BCUT2D eigenvalue weighted by atomic mass is 10.0. The Kier molecular flexibility index (Phi) is 3.43. The van der Waals surface area contributed by atoms with Crippen molar-refractivity contribution < 1.29 is 24.1 Å². The highest BCUT2D eigenvalue weighted by Crippen LogP contribution is 2.40. The molecular weight excluding hydrogens is 224 g/mol. The highest BCUT2D eigenvalue weighted by molar-refractivity contribution is 5.67. The Hall–Kier alpha value is -0.650. The molecule has 0 aromatic carbocycles. The van der Waals surface area contributed by atoms with Gasteiger partial charge in [0.1, 0.15) is 12.2 Å². The van der Waals surface area contributed by atoms with Gasteiger partial charge in [0.2, 0.25) is 0 Å². The molecule has 5 nitrogen and oxygen atoms in total. The molecule has 0 spiro atoms. The molecule has 0 aliphatic carbocycles. The number of carboxylic acids is 1. The van der Waals surface area contributed by atoms with Crippen LogP contribution in [0.1, 0.15) is 40.0 Å². The SMILES string of the molecule is CCCC1OC(CC(=O)O)[C@@H]2OC(C)(C)O[C@H]12. The molecule has 2 heterocycles. The second kappa shape index (κ2) is 4.55. The zero-order valence-corrected chi connectivity index (χ0v) is 10.5. The number of rotatable bonds is 4. The van der Waals surface area contributed by atoms with Crippen molar-refractivity contribution in [3.05, 3.63) is 0 Å². The summed E-state index contributed by atoms with van der Waals surface area (Å²) in [5, 5.41) is 8.86. The van der Waals surface area contributed by atoms with E-state index in [9.17, 15) is 4.79 Å². The Balaban J connectivity index is 2.09. The molecule has 0 saturated carbocycles.